The lowest BCUT2D eigenvalue weighted by atomic mass is 10.2. The molecule has 0 unspecified atom stereocenters. The zero-order valence-electron chi connectivity index (χ0n) is 5.73. The first-order chi connectivity index (χ1) is 5.07. The number of hydrogen-bond acceptors (Lipinski definition) is 4. The van der Waals surface area contributed by atoms with Crippen LogP contribution in [0, 0.1) is 0 Å². The summed E-state index contributed by atoms with van der Waals surface area (Å²) in [5, 5.41) is 8.12. The summed E-state index contributed by atoms with van der Waals surface area (Å²) in [6.45, 7) is 0. The monoisotopic (exact) mass is 175 g/mol. The second-order valence-electron chi connectivity index (χ2n) is 1.86. The van der Waals surface area contributed by atoms with E-state index in [2.05, 4.69) is 12.6 Å². The molecule has 0 aliphatic heterocycles. The van der Waals surface area contributed by atoms with Crippen molar-refractivity contribution < 1.29 is 14.7 Å². The van der Waals surface area contributed by atoms with Gasteiger partial charge in [-0.05, 0) is 6.08 Å². The molecule has 0 spiro atoms. The van der Waals surface area contributed by atoms with E-state index >= 15 is 0 Å². The van der Waals surface area contributed by atoms with Crippen molar-refractivity contribution in [2.75, 3.05) is 5.75 Å². The molecule has 3 N–H and O–H groups in total. The topological polar surface area (TPSA) is 80.4 Å². The van der Waals surface area contributed by atoms with Crippen molar-refractivity contribution in [1.29, 1.82) is 0 Å². The number of ketones is 1. The average molecular weight is 175 g/mol. The van der Waals surface area contributed by atoms with Crippen LogP contribution in [0.1, 0.15) is 0 Å². The minimum Gasteiger partial charge on any atom is -0.478 e. The average Bonchev–Trinajstić information content (AvgIpc) is 1.98. The summed E-state index contributed by atoms with van der Waals surface area (Å²) >= 11 is 3.77. The van der Waals surface area contributed by atoms with Crippen LogP contribution in [-0.2, 0) is 9.59 Å². The summed E-state index contributed by atoms with van der Waals surface area (Å²) in [6, 6.07) is -0.714. The van der Waals surface area contributed by atoms with Crippen LogP contribution in [0.15, 0.2) is 12.2 Å². The zero-order valence-corrected chi connectivity index (χ0v) is 6.62. The molecule has 11 heavy (non-hydrogen) atoms. The summed E-state index contributed by atoms with van der Waals surface area (Å²) in [5.41, 5.74) is 5.23. The molecule has 0 fully saturated rings. The summed E-state index contributed by atoms with van der Waals surface area (Å²) in [5.74, 6) is -1.38. The van der Waals surface area contributed by atoms with Gasteiger partial charge < -0.3 is 10.8 Å². The van der Waals surface area contributed by atoms with Crippen LogP contribution >= 0.6 is 12.6 Å². The molecule has 0 aliphatic carbocycles. The molecule has 0 heterocycles. The first-order valence-electron chi connectivity index (χ1n) is 2.89. The maximum atomic E-state index is 10.8. The number of aliphatic carboxylic acids is 1. The van der Waals surface area contributed by atoms with Crippen LogP contribution in [0.4, 0.5) is 0 Å². The Balaban J connectivity index is 3.96. The molecule has 0 saturated carbocycles. The van der Waals surface area contributed by atoms with Crippen molar-refractivity contribution in [3.8, 4) is 0 Å². The Morgan fingerprint density at radius 2 is 2.09 bits per heavy atom. The number of carbonyl (C=O) groups excluding carboxylic acids is 1. The molecular formula is C6H9NO3S. The minimum absolute atomic E-state index is 0.211. The fourth-order valence-corrected chi connectivity index (χ4v) is 0.547. The van der Waals surface area contributed by atoms with E-state index < -0.39 is 17.8 Å². The Kier molecular flexibility index (Phi) is 4.56. The highest BCUT2D eigenvalue weighted by molar-refractivity contribution is 7.80. The normalized spacial score (nSPS) is 13.3. The largest absolute Gasteiger partial charge is 0.478 e. The van der Waals surface area contributed by atoms with E-state index in [9.17, 15) is 9.59 Å². The van der Waals surface area contributed by atoms with Crippen molar-refractivity contribution in [3.05, 3.63) is 12.2 Å². The van der Waals surface area contributed by atoms with Crippen molar-refractivity contribution in [1.82, 2.24) is 0 Å². The van der Waals surface area contributed by atoms with Gasteiger partial charge in [0.05, 0.1) is 6.04 Å². The Labute approximate surface area is 69.5 Å². The molecule has 0 aromatic carbocycles. The number of rotatable bonds is 4. The predicted octanol–water partition coefficient (Wildman–Crippen LogP) is -0.547. The molecule has 0 radical (unpaired) electrons. The highest BCUT2D eigenvalue weighted by Crippen LogP contribution is 1.87. The highest BCUT2D eigenvalue weighted by atomic mass is 32.1. The van der Waals surface area contributed by atoms with Crippen LogP contribution < -0.4 is 5.73 Å². The fourth-order valence-electron chi connectivity index (χ4n) is 0.367. The van der Waals surface area contributed by atoms with Crippen molar-refractivity contribution in [3.63, 3.8) is 0 Å². The second kappa shape index (κ2) is 4.92. The van der Waals surface area contributed by atoms with Crippen molar-refractivity contribution >= 4 is 24.4 Å². The quantitative estimate of drug-likeness (QED) is 0.396. The molecule has 0 saturated heterocycles. The standard InChI is InChI=1S/C6H9NO3S/c7-4(3-11)5(8)1-2-6(9)10/h1-2,4,11H,3,7H2,(H,9,10)/t4-/m0/s1. The van der Waals surface area contributed by atoms with Crippen molar-refractivity contribution in [2.24, 2.45) is 5.73 Å². The maximum absolute atomic E-state index is 10.8. The molecule has 4 nitrogen and oxygen atoms in total. The van der Waals surface area contributed by atoms with Crippen molar-refractivity contribution in [2.45, 2.75) is 6.04 Å². The molecule has 1 atom stereocenters. The molecular weight excluding hydrogens is 166 g/mol. The Morgan fingerprint density at radius 1 is 1.55 bits per heavy atom. The van der Waals surface area contributed by atoms with Gasteiger partial charge in [-0.25, -0.2) is 4.79 Å². The Bertz CT molecular complexity index is 190. The van der Waals surface area contributed by atoms with Gasteiger partial charge in [-0.15, -0.1) is 0 Å². The lowest BCUT2D eigenvalue weighted by Gasteiger charge is -2.00. The summed E-state index contributed by atoms with van der Waals surface area (Å²) in [6.07, 6.45) is 1.69. The lowest BCUT2D eigenvalue weighted by Crippen LogP contribution is -2.30. The van der Waals surface area contributed by atoms with Gasteiger partial charge in [-0.1, -0.05) is 0 Å². The van der Waals surface area contributed by atoms with Gasteiger partial charge in [0.2, 0.25) is 0 Å². The lowest BCUT2D eigenvalue weighted by molar-refractivity contribution is -0.131. The fraction of sp³-hybridized carbons (Fsp3) is 0.333. The van der Waals surface area contributed by atoms with Crippen LogP contribution in [-0.4, -0.2) is 28.7 Å². The zero-order chi connectivity index (χ0) is 8.85. The number of nitrogens with two attached hydrogens (primary N) is 1. The van der Waals surface area contributed by atoms with Gasteiger partial charge in [0.15, 0.2) is 5.78 Å². The number of hydrogen-bond donors (Lipinski definition) is 3. The van der Waals surface area contributed by atoms with Gasteiger partial charge >= 0.3 is 5.97 Å². The highest BCUT2D eigenvalue weighted by Gasteiger charge is 2.07. The van der Waals surface area contributed by atoms with E-state index in [1.165, 1.54) is 0 Å². The van der Waals surface area contributed by atoms with E-state index in [1.807, 2.05) is 0 Å². The van der Waals surface area contributed by atoms with Crippen LogP contribution in [0.5, 0.6) is 0 Å². The molecule has 0 aromatic rings. The smallest absolute Gasteiger partial charge is 0.328 e. The SMILES string of the molecule is N[C@@H](CS)C(=O)C=CC(=O)O. The van der Waals surface area contributed by atoms with E-state index in [-0.39, 0.29) is 5.75 Å². The van der Waals surface area contributed by atoms with Gasteiger partial charge in [0.1, 0.15) is 0 Å². The first kappa shape index (κ1) is 10.2. The molecule has 62 valence electrons. The van der Waals surface area contributed by atoms with Gasteiger partial charge in [0, 0.05) is 11.8 Å². The van der Waals surface area contributed by atoms with E-state index in [1.54, 1.807) is 0 Å². The third kappa shape index (κ3) is 4.58. The summed E-state index contributed by atoms with van der Waals surface area (Å²) in [7, 11) is 0. The third-order valence-electron chi connectivity index (χ3n) is 0.952. The van der Waals surface area contributed by atoms with Crippen LogP contribution in [0.2, 0.25) is 0 Å². The van der Waals surface area contributed by atoms with E-state index in [0.29, 0.717) is 0 Å². The molecule has 0 aliphatic rings. The number of thiol groups is 1. The Morgan fingerprint density at radius 3 is 2.45 bits per heavy atom. The van der Waals surface area contributed by atoms with Crippen LogP contribution in [0.3, 0.4) is 0 Å². The third-order valence-corrected chi connectivity index (χ3v) is 1.35. The minimum atomic E-state index is -1.16. The number of carboxylic acid groups (broad SMARTS) is 1. The molecule has 0 amide bonds. The molecule has 5 heteroatoms. The first-order valence-corrected chi connectivity index (χ1v) is 3.52. The molecule has 0 aromatic heterocycles. The second-order valence-corrected chi connectivity index (χ2v) is 2.23. The summed E-state index contributed by atoms with van der Waals surface area (Å²) < 4.78 is 0. The van der Waals surface area contributed by atoms with E-state index in [0.717, 1.165) is 12.2 Å². The summed E-state index contributed by atoms with van der Waals surface area (Å²) in [4.78, 5) is 20.7. The van der Waals surface area contributed by atoms with Gasteiger partial charge in [-0.2, -0.15) is 12.6 Å². The van der Waals surface area contributed by atoms with Crippen LogP contribution in [0.25, 0.3) is 0 Å². The van der Waals surface area contributed by atoms with Gasteiger partial charge in [0.25, 0.3) is 0 Å². The maximum Gasteiger partial charge on any atom is 0.328 e. The number of carboxylic acids is 1. The molecule has 0 rings (SSSR count). The molecule has 0 bridgehead atoms. The predicted molar refractivity (Wildman–Crippen MR) is 43.6 cm³/mol. The van der Waals surface area contributed by atoms with E-state index in [4.69, 9.17) is 10.8 Å². The Hall–Kier alpha value is -0.810. The number of carbonyl (C=O) groups is 2. The van der Waals surface area contributed by atoms with Gasteiger partial charge in [-0.3, -0.25) is 4.79 Å².